The first-order valence-corrected chi connectivity index (χ1v) is 6.17. The first kappa shape index (κ1) is 15.2. The first-order chi connectivity index (χ1) is 7.72. The van der Waals surface area contributed by atoms with Crippen LogP contribution < -0.4 is 5.73 Å². The average molecular weight is 227 g/mol. The van der Waals surface area contributed by atoms with Crippen molar-refractivity contribution < 1.29 is 9.53 Å². The van der Waals surface area contributed by atoms with E-state index >= 15 is 0 Å². The highest BCUT2D eigenvalue weighted by Crippen LogP contribution is 2.12. The molecule has 1 atom stereocenters. The minimum atomic E-state index is -0.217. The van der Waals surface area contributed by atoms with E-state index in [1.165, 1.54) is 19.3 Å². The van der Waals surface area contributed by atoms with Crippen LogP contribution >= 0.6 is 0 Å². The Balaban J connectivity index is 3.79. The summed E-state index contributed by atoms with van der Waals surface area (Å²) in [5.74, 6) is -0.320. The van der Waals surface area contributed by atoms with Gasteiger partial charge in [-0.05, 0) is 12.8 Å². The number of ether oxygens (including phenoxy) is 1. The summed E-state index contributed by atoms with van der Waals surface area (Å²) in [6.45, 7) is 2.87. The number of amides is 1. The van der Waals surface area contributed by atoms with Crippen LogP contribution in [-0.4, -0.2) is 19.6 Å². The average Bonchev–Trinajstić information content (AvgIpc) is 2.26. The van der Waals surface area contributed by atoms with Crippen LogP contribution in [0.15, 0.2) is 12.2 Å². The van der Waals surface area contributed by atoms with Gasteiger partial charge in [-0.1, -0.05) is 44.8 Å². The Hall–Kier alpha value is -0.830. The van der Waals surface area contributed by atoms with E-state index in [-0.39, 0.29) is 11.8 Å². The Labute approximate surface area is 99.0 Å². The van der Waals surface area contributed by atoms with Gasteiger partial charge in [0.1, 0.15) is 0 Å². The fourth-order valence-electron chi connectivity index (χ4n) is 1.57. The van der Waals surface area contributed by atoms with Gasteiger partial charge in [-0.15, -0.1) is 0 Å². The summed E-state index contributed by atoms with van der Waals surface area (Å²) in [7, 11) is 1.67. The summed E-state index contributed by atoms with van der Waals surface area (Å²) in [4.78, 5) is 11.2. The summed E-state index contributed by atoms with van der Waals surface area (Å²) in [6.07, 6.45) is 10.3. The van der Waals surface area contributed by atoms with Gasteiger partial charge >= 0.3 is 0 Å². The molecule has 0 rings (SSSR count). The van der Waals surface area contributed by atoms with Gasteiger partial charge in [0.25, 0.3) is 0 Å². The molecule has 94 valence electrons. The molecular formula is C13H25NO2. The molecule has 0 bridgehead atoms. The number of primary amides is 1. The van der Waals surface area contributed by atoms with Gasteiger partial charge in [0, 0.05) is 13.7 Å². The maximum Gasteiger partial charge on any atom is 0.224 e. The number of carbonyl (C=O) groups excluding carboxylic acids is 1. The zero-order valence-corrected chi connectivity index (χ0v) is 10.6. The molecule has 0 saturated heterocycles. The van der Waals surface area contributed by atoms with Crippen molar-refractivity contribution in [1.29, 1.82) is 0 Å². The van der Waals surface area contributed by atoms with Crippen molar-refractivity contribution in [2.45, 2.75) is 45.4 Å². The third-order valence-electron chi connectivity index (χ3n) is 2.59. The number of carbonyl (C=O) groups is 1. The highest BCUT2D eigenvalue weighted by atomic mass is 16.5. The zero-order chi connectivity index (χ0) is 12.2. The Bertz CT molecular complexity index is 202. The molecule has 0 aromatic carbocycles. The fraction of sp³-hybridized carbons (Fsp3) is 0.769. The van der Waals surface area contributed by atoms with Crippen LogP contribution in [0.5, 0.6) is 0 Å². The molecular weight excluding hydrogens is 202 g/mol. The number of rotatable bonds is 10. The second-order valence-corrected chi connectivity index (χ2v) is 4.07. The Kier molecular flexibility index (Phi) is 10.1. The van der Waals surface area contributed by atoms with Crippen molar-refractivity contribution >= 4 is 5.91 Å². The van der Waals surface area contributed by atoms with E-state index in [4.69, 9.17) is 10.5 Å². The number of nitrogens with two attached hydrogens (primary N) is 1. The molecule has 0 aromatic heterocycles. The summed E-state index contributed by atoms with van der Waals surface area (Å²) < 4.78 is 4.93. The number of hydrogen-bond donors (Lipinski definition) is 1. The van der Waals surface area contributed by atoms with Crippen LogP contribution in [0.25, 0.3) is 0 Å². The molecule has 0 fully saturated rings. The molecule has 0 aliphatic rings. The van der Waals surface area contributed by atoms with E-state index in [0.717, 1.165) is 19.3 Å². The second-order valence-electron chi connectivity index (χ2n) is 4.07. The molecule has 0 heterocycles. The van der Waals surface area contributed by atoms with E-state index in [1.807, 2.05) is 12.2 Å². The van der Waals surface area contributed by atoms with E-state index < -0.39 is 0 Å². The quantitative estimate of drug-likeness (QED) is 0.461. The standard InChI is InChI=1S/C13H25NO2/c1-3-4-5-6-9-12(13(14)15)10-7-8-11-16-2/h7,10,12H,3-6,8-9,11H2,1-2H3,(H2,14,15)/b10-7+. The van der Waals surface area contributed by atoms with Crippen molar-refractivity contribution in [1.82, 2.24) is 0 Å². The molecule has 0 saturated carbocycles. The molecule has 0 spiro atoms. The lowest BCUT2D eigenvalue weighted by Gasteiger charge is -2.08. The Morgan fingerprint density at radius 3 is 2.69 bits per heavy atom. The van der Waals surface area contributed by atoms with Gasteiger partial charge in [-0.25, -0.2) is 0 Å². The van der Waals surface area contributed by atoms with Crippen LogP contribution in [0.2, 0.25) is 0 Å². The maximum absolute atomic E-state index is 11.2. The molecule has 3 nitrogen and oxygen atoms in total. The smallest absolute Gasteiger partial charge is 0.224 e. The molecule has 1 amide bonds. The van der Waals surface area contributed by atoms with E-state index in [9.17, 15) is 4.79 Å². The lowest BCUT2D eigenvalue weighted by atomic mass is 9.99. The van der Waals surface area contributed by atoms with Gasteiger partial charge in [-0.3, -0.25) is 4.79 Å². The predicted octanol–water partition coefficient (Wildman–Crippen LogP) is 2.65. The monoisotopic (exact) mass is 227 g/mol. The van der Waals surface area contributed by atoms with Gasteiger partial charge in [0.15, 0.2) is 0 Å². The number of methoxy groups -OCH3 is 1. The largest absolute Gasteiger partial charge is 0.384 e. The van der Waals surface area contributed by atoms with Crippen LogP contribution in [0, 0.1) is 5.92 Å². The summed E-state index contributed by atoms with van der Waals surface area (Å²) in [5, 5.41) is 0. The molecule has 0 radical (unpaired) electrons. The van der Waals surface area contributed by atoms with Crippen molar-refractivity contribution in [3.8, 4) is 0 Å². The van der Waals surface area contributed by atoms with Gasteiger partial charge in [0.05, 0.1) is 5.92 Å². The molecule has 16 heavy (non-hydrogen) atoms. The summed E-state index contributed by atoms with van der Waals surface area (Å²) >= 11 is 0. The zero-order valence-electron chi connectivity index (χ0n) is 10.6. The second kappa shape index (κ2) is 10.7. The number of unbranched alkanes of at least 4 members (excludes halogenated alkanes) is 3. The van der Waals surface area contributed by atoms with Gasteiger partial charge < -0.3 is 10.5 Å². The Morgan fingerprint density at radius 1 is 1.38 bits per heavy atom. The van der Waals surface area contributed by atoms with Crippen molar-refractivity contribution in [2.75, 3.05) is 13.7 Å². The maximum atomic E-state index is 11.2. The van der Waals surface area contributed by atoms with Crippen LogP contribution in [0.1, 0.15) is 45.4 Å². The van der Waals surface area contributed by atoms with Crippen LogP contribution in [0.3, 0.4) is 0 Å². The van der Waals surface area contributed by atoms with E-state index in [2.05, 4.69) is 6.92 Å². The van der Waals surface area contributed by atoms with Gasteiger partial charge in [0.2, 0.25) is 5.91 Å². The highest BCUT2D eigenvalue weighted by Gasteiger charge is 2.10. The minimum Gasteiger partial charge on any atom is -0.384 e. The lowest BCUT2D eigenvalue weighted by Crippen LogP contribution is -2.21. The topological polar surface area (TPSA) is 52.3 Å². The predicted molar refractivity (Wildman–Crippen MR) is 67.1 cm³/mol. The molecule has 1 unspecified atom stereocenters. The summed E-state index contributed by atoms with van der Waals surface area (Å²) in [6, 6.07) is 0. The summed E-state index contributed by atoms with van der Waals surface area (Å²) in [5.41, 5.74) is 5.34. The third kappa shape index (κ3) is 8.48. The SMILES string of the molecule is CCCCCCC(/C=C/CCOC)C(N)=O. The fourth-order valence-corrected chi connectivity index (χ4v) is 1.57. The minimum absolute atomic E-state index is 0.103. The van der Waals surface area contributed by atoms with Crippen molar-refractivity contribution in [3.05, 3.63) is 12.2 Å². The molecule has 3 heteroatoms. The normalized spacial score (nSPS) is 13.1. The molecule has 0 aliphatic heterocycles. The lowest BCUT2D eigenvalue weighted by molar-refractivity contribution is -0.120. The third-order valence-corrected chi connectivity index (χ3v) is 2.59. The van der Waals surface area contributed by atoms with Crippen molar-refractivity contribution in [3.63, 3.8) is 0 Å². The molecule has 0 aromatic rings. The van der Waals surface area contributed by atoms with E-state index in [0.29, 0.717) is 6.61 Å². The van der Waals surface area contributed by atoms with Crippen LogP contribution in [0.4, 0.5) is 0 Å². The van der Waals surface area contributed by atoms with Gasteiger partial charge in [-0.2, -0.15) is 0 Å². The Morgan fingerprint density at radius 2 is 2.12 bits per heavy atom. The molecule has 0 aliphatic carbocycles. The molecule has 2 N–H and O–H groups in total. The first-order valence-electron chi connectivity index (χ1n) is 6.17. The van der Waals surface area contributed by atoms with E-state index in [1.54, 1.807) is 7.11 Å². The number of hydrogen-bond acceptors (Lipinski definition) is 2. The van der Waals surface area contributed by atoms with Crippen molar-refractivity contribution in [2.24, 2.45) is 11.7 Å². The highest BCUT2D eigenvalue weighted by molar-refractivity contribution is 5.78. The van der Waals surface area contributed by atoms with Crippen LogP contribution in [-0.2, 0) is 9.53 Å².